The Labute approximate surface area is 281 Å². The van der Waals surface area contributed by atoms with Gasteiger partial charge in [-0.15, -0.1) is 0 Å². The molecule has 46 heavy (non-hydrogen) atoms. The van der Waals surface area contributed by atoms with Crippen molar-refractivity contribution in [2.24, 2.45) is 52.3 Å². The molecule has 5 aliphatic carbocycles. The van der Waals surface area contributed by atoms with Gasteiger partial charge in [-0.25, -0.2) is 4.79 Å². The molecule has 1 amide bonds. The fraction of sp³-hybridized carbons (Fsp3) is 0.925. The van der Waals surface area contributed by atoms with Gasteiger partial charge in [0.15, 0.2) is 0 Å². The summed E-state index contributed by atoms with van der Waals surface area (Å²) in [5.41, 5.74) is 2.39. The van der Waals surface area contributed by atoms with Gasteiger partial charge in [-0.05, 0) is 117 Å². The van der Waals surface area contributed by atoms with E-state index >= 15 is 0 Å². The van der Waals surface area contributed by atoms with E-state index in [-0.39, 0.29) is 36.2 Å². The summed E-state index contributed by atoms with van der Waals surface area (Å²) in [6, 6.07) is 0. The summed E-state index contributed by atoms with van der Waals surface area (Å²) in [5, 5.41) is 22.2. The lowest BCUT2D eigenvalue weighted by Gasteiger charge is -2.58. The highest BCUT2D eigenvalue weighted by Crippen LogP contribution is 2.67. The predicted octanol–water partition coefficient (Wildman–Crippen LogP) is 8.83. The second-order valence-corrected chi connectivity index (χ2v) is 17.4. The highest BCUT2D eigenvalue weighted by Gasteiger charge is 2.59. The lowest BCUT2D eigenvalue weighted by molar-refractivity contribution is -0.0581. The van der Waals surface area contributed by atoms with E-state index in [0.717, 1.165) is 86.9 Å². The Balaban J connectivity index is 1.01. The summed E-state index contributed by atoms with van der Waals surface area (Å²) in [5.74, 6) is 5.06. The lowest BCUT2D eigenvalue weighted by atomic mass is 9.47. The fourth-order valence-electron chi connectivity index (χ4n) is 11.4. The molecule has 3 N–H and O–H groups in total. The molecule has 5 rings (SSSR count). The third-order valence-electron chi connectivity index (χ3n) is 14.1. The van der Waals surface area contributed by atoms with Gasteiger partial charge < -0.3 is 25.0 Å². The summed E-state index contributed by atoms with van der Waals surface area (Å²) in [4.78, 5) is 12.7. The Morgan fingerprint density at radius 1 is 0.957 bits per heavy atom. The molecule has 5 aliphatic rings. The number of carbonyl (C=O) groups is 1. The van der Waals surface area contributed by atoms with Crippen LogP contribution in [0.15, 0.2) is 11.6 Å². The molecular formula is C40H69NO5. The highest BCUT2D eigenvalue weighted by molar-refractivity contribution is 5.67. The smallest absolute Gasteiger partial charge is 0.407 e. The minimum Gasteiger partial charge on any atom is -0.446 e. The number of aliphatic hydroxyl groups excluding tert-OH is 2. The van der Waals surface area contributed by atoms with Gasteiger partial charge in [0.1, 0.15) is 6.10 Å². The minimum atomic E-state index is -0.433. The van der Waals surface area contributed by atoms with Gasteiger partial charge in [0.2, 0.25) is 0 Å². The van der Waals surface area contributed by atoms with Crippen LogP contribution in [0.25, 0.3) is 0 Å². The Bertz CT molecular complexity index is 1010. The van der Waals surface area contributed by atoms with Gasteiger partial charge in [0.25, 0.3) is 0 Å². The first-order chi connectivity index (χ1) is 22.0. The van der Waals surface area contributed by atoms with Crippen LogP contribution in [-0.4, -0.2) is 54.4 Å². The molecule has 0 aromatic rings. The van der Waals surface area contributed by atoms with Crippen LogP contribution < -0.4 is 5.32 Å². The van der Waals surface area contributed by atoms with Crippen LogP contribution in [0.4, 0.5) is 4.79 Å². The van der Waals surface area contributed by atoms with E-state index in [0.29, 0.717) is 25.0 Å². The summed E-state index contributed by atoms with van der Waals surface area (Å²) >= 11 is 0. The van der Waals surface area contributed by atoms with Crippen LogP contribution in [0.2, 0.25) is 0 Å². The number of allylic oxidation sites excluding steroid dienone is 1. The Hall–Kier alpha value is -1.11. The number of amides is 1. The van der Waals surface area contributed by atoms with Crippen LogP contribution in [0.5, 0.6) is 0 Å². The topological polar surface area (TPSA) is 88.0 Å². The maximum atomic E-state index is 12.7. The molecule has 4 fully saturated rings. The van der Waals surface area contributed by atoms with Crippen molar-refractivity contribution in [3.8, 4) is 0 Å². The summed E-state index contributed by atoms with van der Waals surface area (Å²) in [7, 11) is 0. The first-order valence-corrected chi connectivity index (χ1v) is 19.6. The molecule has 0 bridgehead atoms. The molecular weight excluding hydrogens is 574 g/mol. The average Bonchev–Trinajstić information content (AvgIpc) is 3.56. The van der Waals surface area contributed by atoms with Crippen LogP contribution >= 0.6 is 0 Å². The quantitative estimate of drug-likeness (QED) is 0.123. The predicted molar refractivity (Wildman–Crippen MR) is 185 cm³/mol. The van der Waals surface area contributed by atoms with Gasteiger partial charge in [0, 0.05) is 32.1 Å². The molecule has 0 saturated heterocycles. The highest BCUT2D eigenvalue weighted by atomic mass is 16.6. The number of unbranched alkanes of at least 4 members (excludes halogenated alkanes) is 3. The Morgan fingerprint density at radius 2 is 1.76 bits per heavy atom. The number of rotatable bonds is 15. The number of alkyl carbamates (subject to hydrolysis) is 1. The van der Waals surface area contributed by atoms with E-state index in [1.165, 1.54) is 51.4 Å². The zero-order valence-electron chi connectivity index (χ0n) is 30.1. The minimum absolute atomic E-state index is 0.00367. The van der Waals surface area contributed by atoms with Crippen molar-refractivity contribution in [1.29, 1.82) is 0 Å². The third-order valence-corrected chi connectivity index (χ3v) is 14.1. The number of ether oxygens (including phenoxy) is 2. The maximum Gasteiger partial charge on any atom is 0.407 e. The maximum absolute atomic E-state index is 12.7. The van der Waals surface area contributed by atoms with Crippen LogP contribution in [0.3, 0.4) is 0 Å². The van der Waals surface area contributed by atoms with Crippen LogP contribution in [0, 0.1) is 52.3 Å². The molecule has 6 heteroatoms. The second kappa shape index (κ2) is 16.1. The molecule has 6 nitrogen and oxygen atoms in total. The van der Waals surface area contributed by atoms with Crippen molar-refractivity contribution in [3.05, 3.63) is 11.6 Å². The molecule has 0 aliphatic heterocycles. The summed E-state index contributed by atoms with van der Waals surface area (Å²) in [6.07, 6.45) is 21.5. The number of hydrogen-bond acceptors (Lipinski definition) is 5. The second-order valence-electron chi connectivity index (χ2n) is 17.4. The normalized spacial score (nSPS) is 39.3. The van der Waals surface area contributed by atoms with E-state index in [2.05, 4.69) is 46.0 Å². The first-order valence-electron chi connectivity index (χ1n) is 19.6. The van der Waals surface area contributed by atoms with Crippen LogP contribution in [-0.2, 0) is 9.47 Å². The van der Waals surface area contributed by atoms with Crippen molar-refractivity contribution in [1.82, 2.24) is 5.32 Å². The summed E-state index contributed by atoms with van der Waals surface area (Å²) < 4.78 is 11.9. The Kier molecular flexibility index (Phi) is 12.6. The van der Waals surface area contributed by atoms with Gasteiger partial charge in [-0.3, -0.25) is 0 Å². The van der Waals surface area contributed by atoms with E-state index in [4.69, 9.17) is 9.47 Å². The molecule has 0 radical (unpaired) electrons. The fourth-order valence-corrected chi connectivity index (χ4v) is 11.4. The number of nitrogens with one attached hydrogen (secondary N) is 1. The van der Waals surface area contributed by atoms with Gasteiger partial charge >= 0.3 is 6.09 Å². The van der Waals surface area contributed by atoms with Gasteiger partial charge in [-0.2, -0.15) is 0 Å². The number of carbonyl (C=O) groups excluding carboxylic acids is 1. The standard InChI is InChI=1S/C40H69NO5/c1-27(2)11-10-12-28(3)34-15-16-35-33-14-13-30-24-31(17-19-39(30,4)36(33)18-20-40(34,35)5)46-38(44)41-21-8-6-7-9-22-45-32-23-29(26-42)37(43)25-32/h13,27-29,31-37,42-43H,6-12,14-26H2,1-5H3,(H,41,44)/t28-,29+,31-,32-,33?,34?,35+,36+,37-,39-,40+/m0/s1. The number of aliphatic hydroxyl groups is 2. The van der Waals surface area contributed by atoms with Crippen molar-refractivity contribution in [3.63, 3.8) is 0 Å². The molecule has 0 aromatic heterocycles. The molecule has 264 valence electrons. The molecule has 11 atom stereocenters. The lowest BCUT2D eigenvalue weighted by Crippen LogP contribution is -2.51. The molecule has 0 spiro atoms. The molecule has 4 saturated carbocycles. The van der Waals surface area contributed by atoms with Crippen molar-refractivity contribution >= 4 is 6.09 Å². The first kappa shape index (κ1) is 36.2. The van der Waals surface area contributed by atoms with Gasteiger partial charge in [0.05, 0.1) is 12.2 Å². The van der Waals surface area contributed by atoms with Crippen molar-refractivity contribution < 1.29 is 24.5 Å². The van der Waals surface area contributed by atoms with Crippen molar-refractivity contribution in [2.45, 2.75) is 162 Å². The zero-order valence-corrected chi connectivity index (χ0v) is 30.1. The summed E-state index contributed by atoms with van der Waals surface area (Å²) in [6.45, 7) is 13.9. The zero-order chi connectivity index (χ0) is 32.9. The van der Waals surface area contributed by atoms with Gasteiger partial charge in [-0.1, -0.05) is 78.4 Å². The number of fused-ring (bicyclic) bond motifs is 5. The number of hydrogen-bond donors (Lipinski definition) is 3. The average molecular weight is 644 g/mol. The largest absolute Gasteiger partial charge is 0.446 e. The van der Waals surface area contributed by atoms with E-state index in [1.54, 1.807) is 5.57 Å². The SMILES string of the molecule is CC(C)CCC[C@H](C)C1CC[C@@H]2C3CC=C4C[C@@H](OC(=O)NCCCCCCO[C@H]5C[C@H](CO)[C@@H](O)C5)CC[C@]4(C)[C@@H]3CC[C@]12C. The van der Waals surface area contributed by atoms with Crippen molar-refractivity contribution in [2.75, 3.05) is 19.8 Å². The van der Waals surface area contributed by atoms with E-state index in [9.17, 15) is 15.0 Å². The third kappa shape index (κ3) is 8.19. The van der Waals surface area contributed by atoms with E-state index in [1.807, 2.05) is 0 Å². The molecule has 0 aromatic carbocycles. The van der Waals surface area contributed by atoms with E-state index < -0.39 is 6.10 Å². The molecule has 0 heterocycles. The van der Waals surface area contributed by atoms with Crippen LogP contribution in [0.1, 0.15) is 144 Å². The molecule has 2 unspecified atom stereocenters. The monoisotopic (exact) mass is 644 g/mol. The Morgan fingerprint density at radius 3 is 2.52 bits per heavy atom.